The van der Waals surface area contributed by atoms with Crippen molar-refractivity contribution in [3.05, 3.63) is 77.9 Å². The topological polar surface area (TPSA) is 41.6 Å². The van der Waals surface area contributed by atoms with Crippen molar-refractivity contribution in [1.29, 1.82) is 0 Å². The fourth-order valence-electron chi connectivity index (χ4n) is 3.95. The predicted octanol–water partition coefficient (Wildman–Crippen LogP) is 5.85. The highest BCUT2D eigenvalue weighted by Crippen LogP contribution is 2.36. The molecule has 160 valence electrons. The number of carbonyl (C=O) groups excluding carboxylic acids is 1. The quantitative estimate of drug-likeness (QED) is 0.390. The highest BCUT2D eigenvalue weighted by molar-refractivity contribution is 7.80. The number of esters is 1. The van der Waals surface area contributed by atoms with Crippen LogP contribution in [0.1, 0.15) is 28.8 Å². The normalized spacial score (nSPS) is 14.3. The van der Waals surface area contributed by atoms with Gasteiger partial charge in [-0.2, -0.15) is 0 Å². The highest BCUT2D eigenvalue weighted by atomic mass is 32.1. The third-order valence-corrected chi connectivity index (χ3v) is 7.14. The average molecular weight is 451 g/mol. The SMILES string of the molecule is COC(=O)c1cc(-c2ccccc2)sc1NC(=S)N1CCC(Cc2ccccc2)CC1. The van der Waals surface area contributed by atoms with Crippen LogP contribution in [0.15, 0.2) is 66.7 Å². The summed E-state index contributed by atoms with van der Waals surface area (Å²) in [5.41, 5.74) is 2.99. The van der Waals surface area contributed by atoms with Crippen LogP contribution in [-0.4, -0.2) is 36.2 Å². The average Bonchev–Trinajstić information content (AvgIpc) is 3.24. The van der Waals surface area contributed by atoms with E-state index in [0.29, 0.717) is 16.6 Å². The molecule has 0 aliphatic carbocycles. The van der Waals surface area contributed by atoms with Gasteiger partial charge < -0.3 is 15.0 Å². The standard InChI is InChI=1S/C25H26N2O2S2/c1-29-24(28)21-17-22(20-10-6-3-7-11-20)31-23(21)26-25(30)27-14-12-19(13-15-27)16-18-8-4-2-5-9-18/h2-11,17,19H,12-16H2,1H3,(H,26,30). The van der Waals surface area contributed by atoms with Gasteiger partial charge in [-0.25, -0.2) is 4.79 Å². The second-order valence-electron chi connectivity index (χ2n) is 7.76. The number of ether oxygens (including phenoxy) is 1. The van der Waals surface area contributed by atoms with E-state index >= 15 is 0 Å². The molecule has 1 aliphatic heterocycles. The highest BCUT2D eigenvalue weighted by Gasteiger charge is 2.24. The van der Waals surface area contributed by atoms with E-state index in [9.17, 15) is 4.79 Å². The molecule has 4 rings (SSSR count). The monoisotopic (exact) mass is 450 g/mol. The molecule has 31 heavy (non-hydrogen) atoms. The van der Waals surface area contributed by atoms with Crippen molar-refractivity contribution in [2.75, 3.05) is 25.5 Å². The molecule has 1 N–H and O–H groups in total. The van der Waals surface area contributed by atoms with Crippen LogP contribution >= 0.6 is 23.6 Å². The molecule has 0 unspecified atom stereocenters. The molecule has 1 aliphatic rings. The Labute approximate surface area is 192 Å². The summed E-state index contributed by atoms with van der Waals surface area (Å²) in [7, 11) is 1.40. The van der Waals surface area contributed by atoms with Crippen molar-refractivity contribution in [1.82, 2.24) is 4.90 Å². The van der Waals surface area contributed by atoms with Gasteiger partial charge in [0.1, 0.15) is 5.00 Å². The summed E-state index contributed by atoms with van der Waals surface area (Å²) < 4.78 is 4.99. The molecule has 1 fully saturated rings. The maximum Gasteiger partial charge on any atom is 0.340 e. The van der Waals surface area contributed by atoms with Crippen molar-refractivity contribution in [2.45, 2.75) is 19.3 Å². The second kappa shape index (κ2) is 10.1. The molecule has 0 spiro atoms. The first-order valence-corrected chi connectivity index (χ1v) is 11.7. The lowest BCUT2D eigenvalue weighted by Crippen LogP contribution is -2.41. The Balaban J connectivity index is 1.41. The number of methoxy groups -OCH3 is 1. The lowest BCUT2D eigenvalue weighted by Gasteiger charge is -2.33. The van der Waals surface area contributed by atoms with Gasteiger partial charge in [0.25, 0.3) is 0 Å². The first-order valence-electron chi connectivity index (χ1n) is 10.5. The predicted molar refractivity (Wildman–Crippen MR) is 132 cm³/mol. The molecule has 4 nitrogen and oxygen atoms in total. The van der Waals surface area contributed by atoms with Gasteiger partial charge in [0.05, 0.1) is 12.7 Å². The fourth-order valence-corrected chi connectivity index (χ4v) is 5.35. The molecule has 0 bridgehead atoms. The van der Waals surface area contributed by atoms with Crippen molar-refractivity contribution >= 4 is 39.6 Å². The summed E-state index contributed by atoms with van der Waals surface area (Å²) in [6.45, 7) is 1.85. The number of hydrogen-bond donors (Lipinski definition) is 1. The van der Waals surface area contributed by atoms with Crippen molar-refractivity contribution in [3.63, 3.8) is 0 Å². The number of benzene rings is 2. The van der Waals surface area contributed by atoms with Gasteiger partial charge in [0.15, 0.2) is 5.11 Å². The fraction of sp³-hybridized carbons (Fsp3) is 0.280. The van der Waals surface area contributed by atoms with Crippen LogP contribution in [0.5, 0.6) is 0 Å². The van der Waals surface area contributed by atoms with Crippen LogP contribution in [0.25, 0.3) is 10.4 Å². The van der Waals surface area contributed by atoms with Gasteiger partial charge in [-0.1, -0.05) is 60.7 Å². The van der Waals surface area contributed by atoms with Gasteiger partial charge in [0, 0.05) is 18.0 Å². The minimum absolute atomic E-state index is 0.356. The first kappa shape index (κ1) is 21.5. The third kappa shape index (κ3) is 5.32. The maximum atomic E-state index is 12.3. The van der Waals surface area contributed by atoms with E-state index in [2.05, 4.69) is 40.5 Å². The smallest absolute Gasteiger partial charge is 0.340 e. The lowest BCUT2D eigenvalue weighted by molar-refractivity contribution is 0.0602. The molecule has 3 aromatic rings. The molecular weight excluding hydrogens is 424 g/mol. The number of carbonyl (C=O) groups is 1. The van der Waals surface area contributed by atoms with Gasteiger partial charge in [-0.05, 0) is 54.6 Å². The van der Waals surface area contributed by atoms with Gasteiger partial charge >= 0.3 is 5.97 Å². The number of nitrogens with zero attached hydrogens (tertiary/aromatic N) is 1. The Bertz CT molecular complexity index is 1030. The number of piperidine rings is 1. The molecule has 1 saturated heterocycles. The molecule has 0 amide bonds. The van der Waals surface area contributed by atoms with Crippen LogP contribution in [0, 0.1) is 5.92 Å². The van der Waals surface area contributed by atoms with E-state index in [1.807, 2.05) is 36.4 Å². The van der Waals surface area contributed by atoms with E-state index in [0.717, 1.165) is 47.8 Å². The molecule has 0 radical (unpaired) electrons. The summed E-state index contributed by atoms with van der Waals surface area (Å²) >= 11 is 7.23. The van der Waals surface area contributed by atoms with Gasteiger partial charge in [-0.3, -0.25) is 0 Å². The number of anilines is 1. The van der Waals surface area contributed by atoms with E-state index in [-0.39, 0.29) is 5.97 Å². The van der Waals surface area contributed by atoms with Crippen molar-refractivity contribution < 1.29 is 9.53 Å². The Hall–Kier alpha value is -2.70. The Kier molecular flexibility index (Phi) is 6.99. The number of thiophene rings is 1. The minimum Gasteiger partial charge on any atom is -0.465 e. The van der Waals surface area contributed by atoms with Gasteiger partial charge in [-0.15, -0.1) is 11.3 Å². The Morgan fingerprint density at radius 3 is 2.39 bits per heavy atom. The summed E-state index contributed by atoms with van der Waals surface area (Å²) in [6.07, 6.45) is 3.34. The summed E-state index contributed by atoms with van der Waals surface area (Å²) in [5.74, 6) is 0.323. The Morgan fingerprint density at radius 1 is 1.10 bits per heavy atom. The molecule has 0 saturated carbocycles. The number of nitrogens with one attached hydrogen (secondary N) is 1. The molecule has 1 aromatic heterocycles. The largest absolute Gasteiger partial charge is 0.465 e. The zero-order valence-corrected chi connectivity index (χ0v) is 19.2. The van der Waals surface area contributed by atoms with Crippen LogP contribution in [-0.2, 0) is 11.2 Å². The van der Waals surface area contributed by atoms with Crippen LogP contribution in [0.3, 0.4) is 0 Å². The summed E-state index contributed by atoms with van der Waals surface area (Å²) in [4.78, 5) is 15.6. The number of hydrogen-bond acceptors (Lipinski definition) is 4. The molecule has 0 atom stereocenters. The maximum absolute atomic E-state index is 12.3. The second-order valence-corrected chi connectivity index (χ2v) is 9.20. The van der Waals surface area contributed by atoms with E-state index < -0.39 is 0 Å². The van der Waals surface area contributed by atoms with Crippen LogP contribution in [0.4, 0.5) is 5.00 Å². The molecule has 2 aromatic carbocycles. The first-order chi connectivity index (χ1) is 15.1. The van der Waals surface area contributed by atoms with E-state index in [1.54, 1.807) is 0 Å². The van der Waals surface area contributed by atoms with Crippen molar-refractivity contribution in [2.24, 2.45) is 5.92 Å². The minimum atomic E-state index is -0.356. The zero-order chi connectivity index (χ0) is 21.6. The Morgan fingerprint density at radius 2 is 1.74 bits per heavy atom. The lowest BCUT2D eigenvalue weighted by atomic mass is 9.90. The number of thiocarbonyl (C=S) groups is 1. The van der Waals surface area contributed by atoms with E-state index in [4.69, 9.17) is 17.0 Å². The van der Waals surface area contributed by atoms with E-state index in [1.165, 1.54) is 24.0 Å². The molecule has 2 heterocycles. The van der Waals surface area contributed by atoms with Crippen LogP contribution in [0.2, 0.25) is 0 Å². The van der Waals surface area contributed by atoms with Crippen molar-refractivity contribution in [3.8, 4) is 10.4 Å². The number of likely N-dealkylation sites (tertiary alicyclic amines) is 1. The summed E-state index contributed by atoms with van der Waals surface area (Å²) in [6, 6.07) is 22.6. The zero-order valence-electron chi connectivity index (χ0n) is 17.5. The molecular formula is C25H26N2O2S2. The third-order valence-electron chi connectivity index (χ3n) is 5.69. The number of rotatable bonds is 5. The van der Waals surface area contributed by atoms with Gasteiger partial charge in [0.2, 0.25) is 0 Å². The van der Waals surface area contributed by atoms with Crippen LogP contribution < -0.4 is 5.32 Å². The summed E-state index contributed by atoms with van der Waals surface area (Å²) in [5, 5.41) is 4.73. The molecule has 6 heteroatoms.